The van der Waals surface area contributed by atoms with Crippen LogP contribution in [0.5, 0.6) is 0 Å². The van der Waals surface area contributed by atoms with Crippen LogP contribution in [-0.2, 0) is 22.3 Å². The topological polar surface area (TPSA) is 38.7 Å². The molecule has 1 N–H and O–H groups in total. The van der Waals surface area contributed by atoms with Gasteiger partial charge in [-0.15, -0.1) is 0 Å². The van der Waals surface area contributed by atoms with Crippen LogP contribution in [0.15, 0.2) is 60.7 Å². The van der Waals surface area contributed by atoms with Gasteiger partial charge < -0.3 is 15.4 Å². The molecule has 2 rings (SSSR count). The van der Waals surface area contributed by atoms with Gasteiger partial charge in [0, 0.05) is 0 Å². The van der Waals surface area contributed by atoms with E-state index < -0.39 is 8.60 Å². The Kier molecular flexibility index (Phi) is 8.01. The molecule has 0 radical (unpaired) electrons. The molecule has 0 amide bonds. The number of hydrogen-bond donors (Lipinski definition) is 1. The summed E-state index contributed by atoms with van der Waals surface area (Å²) in [6.07, 6.45) is 0. The first kappa shape index (κ1) is 16.4. The largest absolute Gasteiger partial charge is 1.00 e. The van der Waals surface area contributed by atoms with Crippen LogP contribution in [0.1, 0.15) is 12.6 Å². The summed E-state index contributed by atoms with van der Waals surface area (Å²) in [7, 11) is -1.83. The number of hydrogen-bond acceptors (Lipinski definition) is 3. The predicted molar refractivity (Wildman–Crippen MR) is 72.7 cm³/mol. The maximum absolute atomic E-state index is 9.59. The van der Waals surface area contributed by atoms with E-state index in [-0.39, 0.29) is 20.3 Å². The second kappa shape index (κ2) is 9.28. The minimum absolute atomic E-state index is 0. The maximum atomic E-state index is 9.59. The molecule has 2 aromatic carbocycles. The van der Waals surface area contributed by atoms with Gasteiger partial charge in [0.25, 0.3) is 0 Å². The Labute approximate surface area is 128 Å². The molecule has 0 atom stereocenters. The van der Waals surface area contributed by atoms with Crippen molar-refractivity contribution in [3.05, 3.63) is 71.8 Å². The first-order valence-corrected chi connectivity index (χ1v) is 6.80. The molecule has 0 spiro atoms. The van der Waals surface area contributed by atoms with Crippen LogP contribution in [0.2, 0.25) is 0 Å². The third-order valence-corrected chi connectivity index (χ3v) is 3.07. The van der Waals surface area contributed by atoms with Gasteiger partial charge in [-0.25, -0.2) is 0 Å². The van der Waals surface area contributed by atoms with Crippen LogP contribution in [0.4, 0.5) is 0 Å². The van der Waals surface area contributed by atoms with E-state index in [1.54, 1.807) is 0 Å². The summed E-state index contributed by atoms with van der Waals surface area (Å²) in [6, 6.07) is 19.4. The van der Waals surface area contributed by atoms with Crippen LogP contribution in [0.25, 0.3) is 0 Å². The van der Waals surface area contributed by atoms with Crippen molar-refractivity contribution in [2.75, 3.05) is 0 Å². The zero-order chi connectivity index (χ0) is 12.6. The van der Waals surface area contributed by atoms with Crippen molar-refractivity contribution in [3.63, 3.8) is 0 Å². The molecule has 0 unspecified atom stereocenters. The van der Waals surface area contributed by atoms with E-state index >= 15 is 0 Å². The second-order valence-electron chi connectivity index (χ2n) is 3.76. The van der Waals surface area contributed by atoms with Gasteiger partial charge in [-0.1, -0.05) is 60.7 Å². The molecule has 0 aromatic heterocycles. The molecule has 19 heavy (non-hydrogen) atoms. The summed E-state index contributed by atoms with van der Waals surface area (Å²) in [5.41, 5.74) is 2.03. The van der Waals surface area contributed by atoms with E-state index in [1.807, 2.05) is 60.7 Å². The summed E-state index contributed by atoms with van der Waals surface area (Å²) in [5, 5.41) is 0. The molecular formula is C14H16LiO3P. The van der Waals surface area contributed by atoms with Gasteiger partial charge in [-0.3, -0.25) is 0 Å². The monoisotopic (exact) mass is 270 g/mol. The molecule has 0 fully saturated rings. The van der Waals surface area contributed by atoms with Gasteiger partial charge in [-0.05, 0) is 11.1 Å². The normalized spacial score (nSPS) is 10.2. The fraction of sp³-hybridized carbons (Fsp3) is 0.143. The van der Waals surface area contributed by atoms with Crippen molar-refractivity contribution in [3.8, 4) is 0 Å². The molecule has 0 aliphatic rings. The first-order valence-electron chi connectivity index (χ1n) is 5.67. The van der Waals surface area contributed by atoms with E-state index in [0.717, 1.165) is 11.1 Å². The van der Waals surface area contributed by atoms with Gasteiger partial charge in [-0.2, -0.15) is 0 Å². The van der Waals surface area contributed by atoms with Crippen molar-refractivity contribution in [1.82, 2.24) is 0 Å². The minimum Gasteiger partial charge on any atom is -1.00 e. The molecule has 0 aliphatic carbocycles. The van der Waals surface area contributed by atoms with Crippen LogP contribution in [-0.4, -0.2) is 4.89 Å². The third kappa shape index (κ3) is 6.36. The summed E-state index contributed by atoms with van der Waals surface area (Å²) < 4.78 is 10.5. The maximum Gasteiger partial charge on any atom is 1.00 e. The Bertz CT molecular complexity index is 415. The van der Waals surface area contributed by atoms with Gasteiger partial charge in [0.05, 0.1) is 13.2 Å². The van der Waals surface area contributed by atoms with Crippen LogP contribution >= 0.6 is 8.60 Å². The van der Waals surface area contributed by atoms with E-state index in [4.69, 9.17) is 9.05 Å². The Morgan fingerprint density at radius 3 is 1.53 bits per heavy atom. The van der Waals surface area contributed by atoms with Crippen molar-refractivity contribution >= 4 is 8.60 Å². The predicted octanol–water partition coefficient (Wildman–Crippen LogP) is 0.756. The van der Waals surface area contributed by atoms with Crippen molar-refractivity contribution in [2.24, 2.45) is 0 Å². The number of benzene rings is 2. The standard InChI is InChI=1S/C14H15O3P.Li.H/c15-18(16-11-13-7-3-1-4-8-13)17-12-14-9-5-2-6-10-14;;/h1-10,15H,11-12H2;;/q;+1;-1. The fourth-order valence-corrected chi connectivity index (χ4v) is 2.04. The molecule has 0 saturated heterocycles. The molecule has 96 valence electrons. The Morgan fingerprint density at radius 1 is 0.789 bits per heavy atom. The van der Waals surface area contributed by atoms with Crippen LogP contribution in [0.3, 0.4) is 0 Å². The van der Waals surface area contributed by atoms with Crippen molar-refractivity contribution in [1.29, 1.82) is 0 Å². The third-order valence-electron chi connectivity index (χ3n) is 2.37. The molecule has 0 heterocycles. The van der Waals surface area contributed by atoms with E-state index in [2.05, 4.69) is 0 Å². The van der Waals surface area contributed by atoms with E-state index in [1.165, 1.54) is 0 Å². The van der Waals surface area contributed by atoms with Crippen LogP contribution in [0, 0.1) is 0 Å². The van der Waals surface area contributed by atoms with Crippen molar-refractivity contribution in [2.45, 2.75) is 13.2 Å². The van der Waals surface area contributed by atoms with E-state index in [9.17, 15) is 4.89 Å². The number of rotatable bonds is 6. The molecule has 0 saturated carbocycles. The Hall–Kier alpha value is -0.653. The van der Waals surface area contributed by atoms with Gasteiger partial charge in [0.1, 0.15) is 0 Å². The first-order chi connectivity index (χ1) is 8.84. The summed E-state index contributed by atoms with van der Waals surface area (Å²) >= 11 is 0. The van der Waals surface area contributed by atoms with Crippen LogP contribution < -0.4 is 18.9 Å². The molecule has 3 nitrogen and oxygen atoms in total. The summed E-state index contributed by atoms with van der Waals surface area (Å²) in [5.74, 6) is 0. The average Bonchev–Trinajstić information content (AvgIpc) is 2.45. The SMILES string of the molecule is OP(OCc1ccccc1)OCc1ccccc1.[H-].[Li+]. The van der Waals surface area contributed by atoms with Gasteiger partial charge >= 0.3 is 27.5 Å². The average molecular weight is 270 g/mol. The zero-order valence-corrected chi connectivity index (χ0v) is 11.8. The van der Waals surface area contributed by atoms with Gasteiger partial charge in [0.2, 0.25) is 0 Å². The smallest absolute Gasteiger partial charge is 1.00 e. The Balaban J connectivity index is 0.00000180. The molecule has 2 aromatic rings. The zero-order valence-electron chi connectivity index (χ0n) is 11.9. The van der Waals surface area contributed by atoms with Gasteiger partial charge in [0.15, 0.2) is 0 Å². The minimum atomic E-state index is -1.83. The summed E-state index contributed by atoms with van der Waals surface area (Å²) in [6.45, 7) is 0.718. The van der Waals surface area contributed by atoms with E-state index in [0.29, 0.717) is 13.2 Å². The second-order valence-corrected chi connectivity index (χ2v) is 4.75. The molecule has 0 bridgehead atoms. The quantitative estimate of drug-likeness (QED) is 0.622. The Morgan fingerprint density at radius 2 is 1.16 bits per heavy atom. The molecular weight excluding hydrogens is 254 g/mol. The summed E-state index contributed by atoms with van der Waals surface area (Å²) in [4.78, 5) is 9.59. The fourth-order valence-electron chi connectivity index (χ4n) is 1.45. The molecule has 0 aliphatic heterocycles. The molecule has 5 heteroatoms. The van der Waals surface area contributed by atoms with Crippen molar-refractivity contribution < 1.29 is 34.2 Å².